The third-order valence-corrected chi connectivity index (χ3v) is 7.90. The molecule has 1 aliphatic carbocycles. The van der Waals surface area contributed by atoms with Crippen LogP contribution >= 0.6 is 22.7 Å². The highest BCUT2D eigenvalue weighted by Gasteiger charge is 2.37. The number of carbonyl (C=O) groups excluding carboxylic acids is 2. The minimum atomic E-state index is -4.62. The van der Waals surface area contributed by atoms with Crippen molar-refractivity contribution in [3.05, 3.63) is 32.6 Å². The normalized spacial score (nSPS) is 14.9. The average molecular weight is 486 g/mol. The molecule has 3 aromatic rings. The number of halogens is 3. The molecule has 1 aliphatic rings. The summed E-state index contributed by atoms with van der Waals surface area (Å²) >= 11 is 2.27. The highest BCUT2D eigenvalue weighted by Crippen LogP contribution is 2.40. The summed E-state index contributed by atoms with van der Waals surface area (Å²) in [6, 6.07) is 1.20. The van der Waals surface area contributed by atoms with Gasteiger partial charge in [0.1, 0.15) is 9.83 Å². The van der Waals surface area contributed by atoms with Crippen molar-refractivity contribution < 1.29 is 27.5 Å². The lowest BCUT2D eigenvalue weighted by atomic mass is 9.95. The molecule has 0 saturated carbocycles. The van der Waals surface area contributed by atoms with Crippen molar-refractivity contribution in [3.63, 3.8) is 0 Å². The number of ether oxygens (including phenoxy) is 1. The van der Waals surface area contributed by atoms with Crippen molar-refractivity contribution in [1.29, 1.82) is 0 Å². The monoisotopic (exact) mass is 485 g/mol. The van der Waals surface area contributed by atoms with Crippen molar-refractivity contribution >= 4 is 49.8 Å². The lowest BCUT2D eigenvalue weighted by Crippen LogP contribution is -2.18. The lowest BCUT2D eigenvalue weighted by Gasteiger charge is -2.15. The first-order chi connectivity index (χ1) is 15.1. The van der Waals surface area contributed by atoms with Crippen LogP contribution in [0.2, 0.25) is 0 Å². The molecule has 0 bridgehead atoms. The number of fused-ring (bicyclic) bond motifs is 2. The number of carbonyl (C=O) groups is 2. The third-order valence-electron chi connectivity index (χ3n) is 5.49. The van der Waals surface area contributed by atoms with Gasteiger partial charge in [-0.15, -0.1) is 22.7 Å². The third kappa shape index (κ3) is 4.15. The fraction of sp³-hybridized carbons (Fsp3) is 0.476. The van der Waals surface area contributed by atoms with Gasteiger partial charge in [-0.25, -0.2) is 4.79 Å². The Morgan fingerprint density at radius 2 is 2.00 bits per heavy atom. The zero-order chi connectivity index (χ0) is 23.2. The fourth-order valence-corrected chi connectivity index (χ4v) is 5.96. The average Bonchev–Trinajstić information content (AvgIpc) is 3.39. The van der Waals surface area contributed by atoms with E-state index in [9.17, 15) is 22.8 Å². The maximum atomic E-state index is 13.3. The molecule has 11 heteroatoms. The quantitative estimate of drug-likeness (QED) is 0.464. The number of aryl methyl sites for hydroxylation is 2. The summed E-state index contributed by atoms with van der Waals surface area (Å²) in [5.41, 5.74) is 0.261. The Kier molecular flexibility index (Phi) is 6.06. The molecule has 0 spiro atoms. The molecule has 6 nitrogen and oxygen atoms in total. The summed E-state index contributed by atoms with van der Waals surface area (Å²) in [5, 5.41) is 6.57. The molecule has 3 aromatic heterocycles. The molecule has 1 amide bonds. The highest BCUT2D eigenvalue weighted by molar-refractivity contribution is 7.21. The van der Waals surface area contributed by atoms with Gasteiger partial charge in [-0.3, -0.25) is 9.48 Å². The molecule has 0 aromatic carbocycles. The van der Waals surface area contributed by atoms with Gasteiger partial charge in [0.2, 0.25) is 0 Å². The first-order valence-electron chi connectivity index (χ1n) is 10.3. The number of esters is 1. The summed E-state index contributed by atoms with van der Waals surface area (Å²) < 4.78 is 46.5. The summed E-state index contributed by atoms with van der Waals surface area (Å²) in [6.07, 6.45) is -0.709. The molecular formula is C21H22F3N3O3S2. The van der Waals surface area contributed by atoms with Crippen LogP contribution in [0.5, 0.6) is 0 Å². The number of hydrogen-bond donors (Lipinski definition) is 1. The first-order valence-corrected chi connectivity index (χ1v) is 11.9. The van der Waals surface area contributed by atoms with E-state index in [-0.39, 0.29) is 21.2 Å². The Morgan fingerprint density at radius 1 is 1.28 bits per heavy atom. The van der Waals surface area contributed by atoms with Gasteiger partial charge < -0.3 is 10.1 Å². The Balaban J connectivity index is 1.68. The molecule has 1 atom stereocenters. The molecule has 3 heterocycles. The summed E-state index contributed by atoms with van der Waals surface area (Å²) in [4.78, 5) is 27.3. The summed E-state index contributed by atoms with van der Waals surface area (Å²) in [6.45, 7) is 3.72. The molecule has 0 fully saturated rings. The standard InChI is InChI=1S/C21H22F3N3O3S2/c1-4-10(2)30-20(29)15-11-7-5-6-8-13(11)31-18(15)25-17(28)14-9-12-16(21(22,23)24)26-27(3)19(12)32-14/h9-10H,4-8H2,1-3H3,(H,25,28)/t10-/m1/s1. The van der Waals surface area contributed by atoms with Crippen LogP contribution in [0.15, 0.2) is 6.07 Å². The Hall–Kier alpha value is -2.40. The van der Waals surface area contributed by atoms with E-state index in [1.165, 1.54) is 24.5 Å². The van der Waals surface area contributed by atoms with Gasteiger partial charge >= 0.3 is 12.1 Å². The van der Waals surface area contributed by atoms with Gasteiger partial charge in [0, 0.05) is 17.3 Å². The van der Waals surface area contributed by atoms with E-state index < -0.39 is 23.7 Å². The van der Waals surface area contributed by atoms with E-state index in [1.54, 1.807) is 6.92 Å². The number of anilines is 1. The predicted molar refractivity (Wildman–Crippen MR) is 118 cm³/mol. The molecule has 0 aliphatic heterocycles. The van der Waals surface area contributed by atoms with Gasteiger partial charge in [-0.05, 0) is 50.7 Å². The van der Waals surface area contributed by atoms with Crippen molar-refractivity contribution in [3.8, 4) is 0 Å². The van der Waals surface area contributed by atoms with Gasteiger partial charge in [-0.2, -0.15) is 18.3 Å². The number of amides is 1. The van der Waals surface area contributed by atoms with Crippen molar-refractivity contribution in [1.82, 2.24) is 9.78 Å². The van der Waals surface area contributed by atoms with Crippen LogP contribution in [0.1, 0.15) is 69.3 Å². The smallest absolute Gasteiger partial charge is 0.435 e. The Labute approximate surface area is 190 Å². The molecule has 0 radical (unpaired) electrons. The highest BCUT2D eigenvalue weighted by atomic mass is 32.1. The second-order valence-electron chi connectivity index (χ2n) is 7.79. The molecule has 4 rings (SSSR count). The minimum Gasteiger partial charge on any atom is -0.459 e. The number of aromatic nitrogens is 2. The zero-order valence-electron chi connectivity index (χ0n) is 17.8. The second kappa shape index (κ2) is 8.51. The number of nitrogens with one attached hydrogen (secondary N) is 1. The first kappa shape index (κ1) is 22.8. The van der Waals surface area contributed by atoms with Crippen LogP contribution in [0, 0.1) is 0 Å². The van der Waals surface area contributed by atoms with E-state index in [2.05, 4.69) is 10.4 Å². The van der Waals surface area contributed by atoms with Gasteiger partial charge in [0.25, 0.3) is 5.91 Å². The second-order valence-corrected chi connectivity index (χ2v) is 9.93. The van der Waals surface area contributed by atoms with E-state index in [0.717, 1.165) is 52.1 Å². The van der Waals surface area contributed by atoms with E-state index in [0.29, 0.717) is 17.0 Å². The molecular weight excluding hydrogens is 463 g/mol. The SMILES string of the molecule is CC[C@@H](C)OC(=O)c1c(NC(=O)c2cc3c(C(F)(F)F)nn(C)c3s2)sc2c1CCCC2. The van der Waals surface area contributed by atoms with Gasteiger partial charge in [-0.1, -0.05) is 6.92 Å². The number of thiophene rings is 2. The van der Waals surface area contributed by atoms with Crippen LogP contribution in [0.3, 0.4) is 0 Å². The number of rotatable bonds is 5. The maximum Gasteiger partial charge on any atom is 0.435 e. The number of alkyl halides is 3. The van der Waals surface area contributed by atoms with Gasteiger partial charge in [0.15, 0.2) is 5.69 Å². The molecule has 32 heavy (non-hydrogen) atoms. The number of nitrogens with zero attached hydrogens (tertiary/aromatic N) is 2. The molecule has 0 saturated heterocycles. The van der Waals surface area contributed by atoms with Crippen LogP contribution in [0.4, 0.5) is 18.2 Å². The molecule has 172 valence electrons. The van der Waals surface area contributed by atoms with Crippen molar-refractivity contribution in [2.75, 3.05) is 5.32 Å². The molecule has 1 N–H and O–H groups in total. The predicted octanol–water partition coefficient (Wildman–Crippen LogP) is 5.80. The van der Waals surface area contributed by atoms with Crippen LogP contribution in [-0.4, -0.2) is 27.8 Å². The molecule has 0 unspecified atom stereocenters. The maximum absolute atomic E-state index is 13.3. The van der Waals surface area contributed by atoms with Crippen LogP contribution in [-0.2, 0) is 30.8 Å². The topological polar surface area (TPSA) is 73.2 Å². The van der Waals surface area contributed by atoms with E-state index in [1.807, 2.05) is 6.92 Å². The fourth-order valence-electron chi connectivity index (χ4n) is 3.72. The number of hydrogen-bond acceptors (Lipinski definition) is 6. The lowest BCUT2D eigenvalue weighted by molar-refractivity contribution is -0.140. The van der Waals surface area contributed by atoms with E-state index >= 15 is 0 Å². The van der Waals surface area contributed by atoms with Crippen molar-refractivity contribution in [2.24, 2.45) is 7.05 Å². The minimum absolute atomic E-state index is 0.114. The van der Waals surface area contributed by atoms with Crippen LogP contribution in [0.25, 0.3) is 10.2 Å². The van der Waals surface area contributed by atoms with Crippen LogP contribution < -0.4 is 5.32 Å². The van der Waals surface area contributed by atoms with Crippen molar-refractivity contribution in [2.45, 2.75) is 58.2 Å². The summed E-state index contributed by atoms with van der Waals surface area (Å²) in [5.74, 6) is -1.04. The van der Waals surface area contributed by atoms with E-state index in [4.69, 9.17) is 4.74 Å². The zero-order valence-corrected chi connectivity index (χ0v) is 19.4. The largest absolute Gasteiger partial charge is 0.459 e. The van der Waals surface area contributed by atoms with Gasteiger partial charge in [0.05, 0.1) is 16.5 Å². The summed E-state index contributed by atoms with van der Waals surface area (Å²) in [7, 11) is 1.41. The Morgan fingerprint density at radius 3 is 2.69 bits per heavy atom. The Bertz CT molecular complexity index is 1190.